The number of nitrogens with zero attached hydrogens (tertiary/aromatic N) is 1. The SMILES string of the molecule is O=C(CCNc1cc(C(=O)O)ccn1)NC1CC1. The average molecular weight is 249 g/mol. The highest BCUT2D eigenvalue weighted by molar-refractivity contribution is 5.88. The second-order valence-corrected chi connectivity index (χ2v) is 4.25. The van der Waals surface area contributed by atoms with Crippen LogP contribution in [0.3, 0.4) is 0 Å². The highest BCUT2D eigenvalue weighted by atomic mass is 16.4. The minimum atomic E-state index is -0.994. The van der Waals surface area contributed by atoms with E-state index in [0.29, 0.717) is 24.8 Å². The molecule has 0 spiro atoms. The summed E-state index contributed by atoms with van der Waals surface area (Å²) < 4.78 is 0. The van der Waals surface area contributed by atoms with Gasteiger partial charge in [-0.1, -0.05) is 0 Å². The molecule has 1 aromatic rings. The van der Waals surface area contributed by atoms with Crippen LogP contribution in [-0.4, -0.2) is 34.6 Å². The Morgan fingerprint density at radius 3 is 2.89 bits per heavy atom. The van der Waals surface area contributed by atoms with E-state index in [0.717, 1.165) is 12.8 Å². The highest BCUT2D eigenvalue weighted by Crippen LogP contribution is 2.18. The van der Waals surface area contributed by atoms with Crippen LogP contribution < -0.4 is 10.6 Å². The monoisotopic (exact) mass is 249 g/mol. The Hall–Kier alpha value is -2.11. The third-order valence-electron chi connectivity index (χ3n) is 2.61. The molecule has 6 heteroatoms. The lowest BCUT2D eigenvalue weighted by atomic mass is 10.2. The summed E-state index contributed by atoms with van der Waals surface area (Å²) in [5.41, 5.74) is 0.176. The molecular formula is C12H15N3O3. The van der Waals surface area contributed by atoms with Crippen LogP contribution in [0.15, 0.2) is 18.3 Å². The summed E-state index contributed by atoms with van der Waals surface area (Å²) in [4.78, 5) is 26.1. The van der Waals surface area contributed by atoms with Crippen LogP contribution in [-0.2, 0) is 4.79 Å². The Kier molecular flexibility index (Phi) is 3.76. The maximum Gasteiger partial charge on any atom is 0.335 e. The molecule has 1 aliphatic rings. The number of carboxylic acid groups (broad SMARTS) is 1. The Balaban J connectivity index is 1.76. The van der Waals surface area contributed by atoms with Gasteiger partial charge in [0.15, 0.2) is 0 Å². The van der Waals surface area contributed by atoms with Crippen LogP contribution in [0.4, 0.5) is 5.82 Å². The zero-order valence-corrected chi connectivity index (χ0v) is 9.85. The van der Waals surface area contributed by atoms with Crippen molar-refractivity contribution in [3.8, 4) is 0 Å². The molecule has 96 valence electrons. The zero-order chi connectivity index (χ0) is 13.0. The molecule has 0 aromatic carbocycles. The molecule has 6 nitrogen and oxygen atoms in total. The van der Waals surface area contributed by atoms with E-state index in [1.807, 2.05) is 0 Å². The first kappa shape index (κ1) is 12.3. The number of hydrogen-bond donors (Lipinski definition) is 3. The largest absolute Gasteiger partial charge is 0.478 e. The predicted molar refractivity (Wildman–Crippen MR) is 65.5 cm³/mol. The summed E-state index contributed by atoms with van der Waals surface area (Å²) in [6, 6.07) is 3.24. The molecule has 1 heterocycles. The van der Waals surface area contributed by atoms with Gasteiger partial charge >= 0.3 is 5.97 Å². The van der Waals surface area contributed by atoms with Gasteiger partial charge in [-0.05, 0) is 25.0 Å². The average Bonchev–Trinajstić information content (AvgIpc) is 3.13. The molecule has 0 aliphatic heterocycles. The Morgan fingerprint density at radius 1 is 1.44 bits per heavy atom. The molecule has 18 heavy (non-hydrogen) atoms. The molecule has 1 aromatic heterocycles. The fourth-order valence-corrected chi connectivity index (χ4v) is 1.49. The van der Waals surface area contributed by atoms with Crippen molar-refractivity contribution in [2.24, 2.45) is 0 Å². The van der Waals surface area contributed by atoms with Crippen LogP contribution in [0, 0.1) is 0 Å². The first-order valence-corrected chi connectivity index (χ1v) is 5.88. The van der Waals surface area contributed by atoms with Gasteiger partial charge in [0, 0.05) is 25.2 Å². The van der Waals surface area contributed by atoms with Gasteiger partial charge in [0.1, 0.15) is 5.82 Å². The number of pyridine rings is 1. The summed E-state index contributed by atoms with van der Waals surface area (Å²) in [5.74, 6) is -0.513. The first-order valence-electron chi connectivity index (χ1n) is 5.88. The lowest BCUT2D eigenvalue weighted by molar-refractivity contribution is -0.120. The van der Waals surface area contributed by atoms with Gasteiger partial charge in [-0.25, -0.2) is 9.78 Å². The van der Waals surface area contributed by atoms with E-state index in [4.69, 9.17) is 5.11 Å². The maximum absolute atomic E-state index is 11.4. The van der Waals surface area contributed by atoms with Gasteiger partial charge < -0.3 is 15.7 Å². The van der Waals surface area contributed by atoms with E-state index >= 15 is 0 Å². The van der Waals surface area contributed by atoms with E-state index in [2.05, 4.69) is 15.6 Å². The summed E-state index contributed by atoms with van der Waals surface area (Å²) >= 11 is 0. The van der Waals surface area contributed by atoms with Crippen molar-refractivity contribution in [1.29, 1.82) is 0 Å². The number of rotatable bonds is 6. The van der Waals surface area contributed by atoms with Crippen molar-refractivity contribution in [3.63, 3.8) is 0 Å². The molecule has 0 atom stereocenters. The number of amides is 1. The third kappa shape index (κ3) is 3.73. The number of anilines is 1. The van der Waals surface area contributed by atoms with Crippen LogP contribution in [0.1, 0.15) is 29.6 Å². The quantitative estimate of drug-likeness (QED) is 0.695. The van der Waals surface area contributed by atoms with Crippen molar-refractivity contribution in [3.05, 3.63) is 23.9 Å². The number of hydrogen-bond acceptors (Lipinski definition) is 4. The lowest BCUT2D eigenvalue weighted by Gasteiger charge is -2.06. The van der Waals surface area contributed by atoms with Crippen LogP contribution in [0.5, 0.6) is 0 Å². The van der Waals surface area contributed by atoms with Crippen molar-refractivity contribution >= 4 is 17.7 Å². The molecule has 0 saturated heterocycles. The normalized spacial score (nSPS) is 14.0. The predicted octanol–water partition coefficient (Wildman–Crippen LogP) is 0.860. The standard InChI is InChI=1S/C12H15N3O3/c16-11(15-9-1-2-9)4-6-14-10-7-8(12(17)18)3-5-13-10/h3,5,7,9H,1-2,4,6H2,(H,13,14)(H,15,16)(H,17,18). The number of nitrogens with one attached hydrogen (secondary N) is 2. The topological polar surface area (TPSA) is 91.3 Å². The fraction of sp³-hybridized carbons (Fsp3) is 0.417. The van der Waals surface area contributed by atoms with Crippen molar-refractivity contribution in [2.75, 3.05) is 11.9 Å². The highest BCUT2D eigenvalue weighted by Gasteiger charge is 2.22. The van der Waals surface area contributed by atoms with Crippen molar-refractivity contribution < 1.29 is 14.7 Å². The Bertz CT molecular complexity index is 458. The second-order valence-electron chi connectivity index (χ2n) is 4.25. The van der Waals surface area contributed by atoms with E-state index < -0.39 is 5.97 Å². The van der Waals surface area contributed by atoms with Gasteiger partial charge in [-0.3, -0.25) is 4.79 Å². The summed E-state index contributed by atoms with van der Waals surface area (Å²) in [7, 11) is 0. The van der Waals surface area contributed by atoms with E-state index in [-0.39, 0.29) is 11.5 Å². The molecule has 1 saturated carbocycles. The number of aromatic carboxylic acids is 1. The molecular weight excluding hydrogens is 234 g/mol. The molecule has 1 aliphatic carbocycles. The Morgan fingerprint density at radius 2 is 2.22 bits per heavy atom. The number of carboxylic acids is 1. The molecule has 0 unspecified atom stereocenters. The van der Waals surface area contributed by atoms with Gasteiger partial charge in [-0.15, -0.1) is 0 Å². The Labute approximate surface area is 104 Å². The van der Waals surface area contributed by atoms with E-state index in [9.17, 15) is 9.59 Å². The van der Waals surface area contributed by atoms with E-state index in [1.165, 1.54) is 18.3 Å². The third-order valence-corrected chi connectivity index (χ3v) is 2.61. The minimum absolute atomic E-state index is 0.0133. The summed E-state index contributed by atoms with van der Waals surface area (Å²) in [6.45, 7) is 0.439. The summed E-state index contributed by atoms with van der Waals surface area (Å²) in [5, 5.41) is 14.6. The lowest BCUT2D eigenvalue weighted by Crippen LogP contribution is -2.27. The van der Waals surface area contributed by atoms with Crippen LogP contribution >= 0.6 is 0 Å². The van der Waals surface area contributed by atoms with E-state index in [1.54, 1.807) is 0 Å². The van der Waals surface area contributed by atoms with Crippen LogP contribution in [0.25, 0.3) is 0 Å². The number of aromatic nitrogens is 1. The molecule has 0 bridgehead atoms. The van der Waals surface area contributed by atoms with Crippen LogP contribution in [0.2, 0.25) is 0 Å². The zero-order valence-electron chi connectivity index (χ0n) is 9.85. The molecule has 0 radical (unpaired) electrons. The van der Waals surface area contributed by atoms with Gasteiger partial charge in [0.2, 0.25) is 5.91 Å². The number of carbonyl (C=O) groups is 2. The van der Waals surface area contributed by atoms with Gasteiger partial charge in [-0.2, -0.15) is 0 Å². The maximum atomic E-state index is 11.4. The first-order chi connectivity index (χ1) is 8.65. The van der Waals surface area contributed by atoms with Gasteiger partial charge in [0.05, 0.1) is 5.56 Å². The number of carbonyl (C=O) groups excluding carboxylic acids is 1. The molecule has 1 fully saturated rings. The minimum Gasteiger partial charge on any atom is -0.478 e. The molecule has 2 rings (SSSR count). The molecule has 1 amide bonds. The second kappa shape index (κ2) is 5.48. The van der Waals surface area contributed by atoms with Crippen molar-refractivity contribution in [1.82, 2.24) is 10.3 Å². The smallest absolute Gasteiger partial charge is 0.335 e. The van der Waals surface area contributed by atoms with Crippen molar-refractivity contribution in [2.45, 2.75) is 25.3 Å². The molecule has 3 N–H and O–H groups in total. The fourth-order valence-electron chi connectivity index (χ4n) is 1.49. The summed E-state index contributed by atoms with van der Waals surface area (Å²) in [6.07, 6.45) is 3.92. The van der Waals surface area contributed by atoms with Gasteiger partial charge in [0.25, 0.3) is 0 Å².